The number of nitrogens with zero attached hydrogens (tertiary/aromatic N) is 3. The topological polar surface area (TPSA) is 68.0 Å². The fourth-order valence-corrected chi connectivity index (χ4v) is 2.33. The molecule has 1 aromatic carbocycles. The van der Waals surface area contributed by atoms with Gasteiger partial charge in [0.05, 0.1) is 0 Å². The van der Waals surface area contributed by atoms with E-state index in [1.807, 2.05) is 30.3 Å². The van der Waals surface area contributed by atoms with Gasteiger partial charge in [0.25, 0.3) is 0 Å². The predicted octanol–water partition coefficient (Wildman–Crippen LogP) is 2.95. The zero-order valence-corrected chi connectivity index (χ0v) is 11.9. The Labute approximate surface area is 123 Å². The number of halogens is 1. The SMILES string of the molecule is O=C(O)Cn1c(-c2ccc(Br)cc2)nc2cccnc21. The Kier molecular flexibility index (Phi) is 3.23. The maximum absolute atomic E-state index is 11.1. The number of benzene rings is 1. The lowest BCUT2D eigenvalue weighted by atomic mass is 10.2. The first-order valence-electron chi connectivity index (χ1n) is 5.94. The molecule has 0 saturated heterocycles. The zero-order chi connectivity index (χ0) is 14.1. The number of imidazole rings is 1. The van der Waals surface area contributed by atoms with Crippen molar-refractivity contribution in [3.05, 3.63) is 47.1 Å². The van der Waals surface area contributed by atoms with E-state index in [0.29, 0.717) is 17.0 Å². The molecule has 0 aliphatic heterocycles. The van der Waals surface area contributed by atoms with E-state index in [1.165, 1.54) is 0 Å². The fourth-order valence-electron chi connectivity index (χ4n) is 2.06. The van der Waals surface area contributed by atoms with Gasteiger partial charge in [0.1, 0.15) is 17.9 Å². The van der Waals surface area contributed by atoms with Gasteiger partial charge in [0, 0.05) is 16.2 Å². The van der Waals surface area contributed by atoms with Crippen molar-refractivity contribution < 1.29 is 9.90 Å². The number of aliphatic carboxylic acids is 1. The summed E-state index contributed by atoms with van der Waals surface area (Å²) in [6.45, 7) is -0.168. The quantitative estimate of drug-likeness (QED) is 0.801. The molecule has 0 fully saturated rings. The summed E-state index contributed by atoms with van der Waals surface area (Å²) in [7, 11) is 0. The van der Waals surface area contributed by atoms with Gasteiger partial charge in [0.2, 0.25) is 0 Å². The minimum absolute atomic E-state index is 0.168. The molecule has 6 heteroatoms. The molecule has 3 aromatic rings. The van der Waals surface area contributed by atoms with Gasteiger partial charge in [-0.2, -0.15) is 0 Å². The van der Waals surface area contributed by atoms with E-state index < -0.39 is 5.97 Å². The average Bonchev–Trinajstić information content (AvgIpc) is 2.78. The van der Waals surface area contributed by atoms with E-state index in [1.54, 1.807) is 16.8 Å². The summed E-state index contributed by atoms with van der Waals surface area (Å²) in [5, 5.41) is 9.08. The first-order valence-corrected chi connectivity index (χ1v) is 6.73. The highest BCUT2D eigenvalue weighted by molar-refractivity contribution is 9.10. The first-order chi connectivity index (χ1) is 9.65. The number of aromatic nitrogens is 3. The van der Waals surface area contributed by atoms with Crippen molar-refractivity contribution in [3.63, 3.8) is 0 Å². The van der Waals surface area contributed by atoms with Crippen LogP contribution in [0.15, 0.2) is 47.1 Å². The number of pyridine rings is 1. The van der Waals surface area contributed by atoms with Gasteiger partial charge in [-0.05, 0) is 24.3 Å². The summed E-state index contributed by atoms with van der Waals surface area (Å²) in [5.41, 5.74) is 2.12. The molecule has 0 aliphatic carbocycles. The smallest absolute Gasteiger partial charge is 0.323 e. The molecule has 0 bridgehead atoms. The van der Waals surface area contributed by atoms with Gasteiger partial charge in [0.15, 0.2) is 5.65 Å². The van der Waals surface area contributed by atoms with Crippen molar-refractivity contribution in [3.8, 4) is 11.4 Å². The molecule has 0 aliphatic rings. The Hall–Kier alpha value is -2.21. The van der Waals surface area contributed by atoms with Crippen LogP contribution in [0.3, 0.4) is 0 Å². The lowest BCUT2D eigenvalue weighted by Gasteiger charge is -2.05. The molecule has 5 nitrogen and oxygen atoms in total. The maximum atomic E-state index is 11.1. The highest BCUT2D eigenvalue weighted by Gasteiger charge is 2.15. The Bertz CT molecular complexity index is 781. The number of carboxylic acids is 1. The molecule has 3 rings (SSSR count). The average molecular weight is 332 g/mol. The van der Waals surface area contributed by atoms with Gasteiger partial charge >= 0.3 is 5.97 Å². The first kappa shape index (κ1) is 12.8. The largest absolute Gasteiger partial charge is 0.480 e. The number of fused-ring (bicyclic) bond motifs is 1. The lowest BCUT2D eigenvalue weighted by molar-refractivity contribution is -0.137. The highest BCUT2D eigenvalue weighted by atomic mass is 79.9. The van der Waals surface area contributed by atoms with Crippen molar-refractivity contribution in [2.24, 2.45) is 0 Å². The summed E-state index contributed by atoms with van der Waals surface area (Å²) in [6, 6.07) is 11.2. The second-order valence-electron chi connectivity index (χ2n) is 4.27. The summed E-state index contributed by atoms with van der Waals surface area (Å²) in [4.78, 5) is 19.8. The summed E-state index contributed by atoms with van der Waals surface area (Å²) in [5.74, 6) is -0.318. The fraction of sp³-hybridized carbons (Fsp3) is 0.0714. The van der Waals surface area contributed by atoms with Gasteiger partial charge in [-0.15, -0.1) is 0 Å². The highest BCUT2D eigenvalue weighted by Crippen LogP contribution is 2.24. The number of carboxylic acid groups (broad SMARTS) is 1. The molecule has 0 spiro atoms. The molecule has 0 atom stereocenters. The van der Waals surface area contributed by atoms with Crippen LogP contribution in [0.1, 0.15) is 0 Å². The molecule has 100 valence electrons. The normalized spacial score (nSPS) is 10.8. The van der Waals surface area contributed by atoms with Crippen molar-refractivity contribution in [2.45, 2.75) is 6.54 Å². The Morgan fingerprint density at radius 2 is 2.00 bits per heavy atom. The predicted molar refractivity (Wildman–Crippen MR) is 78.3 cm³/mol. The molecule has 20 heavy (non-hydrogen) atoms. The van der Waals surface area contributed by atoms with Crippen LogP contribution in [0.4, 0.5) is 0 Å². The van der Waals surface area contributed by atoms with E-state index in [4.69, 9.17) is 5.11 Å². The van der Waals surface area contributed by atoms with Crippen LogP contribution in [-0.4, -0.2) is 25.6 Å². The van der Waals surface area contributed by atoms with Crippen LogP contribution in [0.25, 0.3) is 22.6 Å². The second kappa shape index (κ2) is 5.05. The van der Waals surface area contributed by atoms with E-state index in [2.05, 4.69) is 25.9 Å². The minimum Gasteiger partial charge on any atom is -0.480 e. The van der Waals surface area contributed by atoms with Gasteiger partial charge in [-0.25, -0.2) is 9.97 Å². The van der Waals surface area contributed by atoms with Crippen LogP contribution in [-0.2, 0) is 11.3 Å². The zero-order valence-electron chi connectivity index (χ0n) is 10.3. The van der Waals surface area contributed by atoms with E-state index in [9.17, 15) is 4.79 Å². The Balaban J connectivity index is 2.23. The van der Waals surface area contributed by atoms with Gasteiger partial charge < -0.3 is 5.11 Å². The number of hydrogen-bond acceptors (Lipinski definition) is 3. The molecule has 0 radical (unpaired) electrons. The van der Waals surface area contributed by atoms with Gasteiger partial charge in [-0.1, -0.05) is 28.1 Å². The molecular formula is C14H10BrN3O2. The number of hydrogen-bond donors (Lipinski definition) is 1. The van der Waals surface area contributed by atoms with E-state index in [0.717, 1.165) is 10.0 Å². The van der Waals surface area contributed by atoms with Crippen LogP contribution >= 0.6 is 15.9 Å². The standard InChI is InChI=1S/C14H10BrN3O2/c15-10-5-3-9(4-6-10)13-17-11-2-1-7-16-14(11)18(13)8-12(19)20/h1-7H,8H2,(H,19,20). The third kappa shape index (κ3) is 2.30. The summed E-state index contributed by atoms with van der Waals surface area (Å²) in [6.07, 6.45) is 1.63. The van der Waals surface area contributed by atoms with Gasteiger partial charge in [-0.3, -0.25) is 9.36 Å². The maximum Gasteiger partial charge on any atom is 0.323 e. The third-order valence-corrected chi connectivity index (χ3v) is 3.43. The molecule has 1 N–H and O–H groups in total. The number of carbonyl (C=O) groups is 1. The van der Waals surface area contributed by atoms with Crippen molar-refractivity contribution >= 4 is 33.1 Å². The molecule has 2 aromatic heterocycles. The van der Waals surface area contributed by atoms with E-state index >= 15 is 0 Å². The van der Waals surface area contributed by atoms with Crippen LogP contribution in [0, 0.1) is 0 Å². The lowest BCUT2D eigenvalue weighted by Crippen LogP contribution is -2.10. The molecule has 0 unspecified atom stereocenters. The Morgan fingerprint density at radius 1 is 1.25 bits per heavy atom. The minimum atomic E-state index is -0.923. The van der Waals surface area contributed by atoms with Crippen LogP contribution < -0.4 is 0 Å². The third-order valence-electron chi connectivity index (χ3n) is 2.90. The number of rotatable bonds is 3. The molecule has 0 saturated carbocycles. The summed E-state index contributed by atoms with van der Waals surface area (Å²) < 4.78 is 2.57. The van der Waals surface area contributed by atoms with Crippen molar-refractivity contribution in [1.82, 2.24) is 14.5 Å². The Morgan fingerprint density at radius 3 is 2.70 bits per heavy atom. The van der Waals surface area contributed by atoms with Crippen molar-refractivity contribution in [2.75, 3.05) is 0 Å². The molecular weight excluding hydrogens is 322 g/mol. The second-order valence-corrected chi connectivity index (χ2v) is 5.18. The van der Waals surface area contributed by atoms with E-state index in [-0.39, 0.29) is 6.54 Å². The molecule has 2 heterocycles. The van der Waals surface area contributed by atoms with Crippen LogP contribution in [0.2, 0.25) is 0 Å². The summed E-state index contributed by atoms with van der Waals surface area (Å²) >= 11 is 3.38. The van der Waals surface area contributed by atoms with Crippen molar-refractivity contribution in [1.29, 1.82) is 0 Å². The van der Waals surface area contributed by atoms with Crippen LogP contribution in [0.5, 0.6) is 0 Å². The monoisotopic (exact) mass is 331 g/mol. The molecule has 0 amide bonds.